The van der Waals surface area contributed by atoms with Gasteiger partial charge in [0.2, 0.25) is 0 Å². The number of aryl methyl sites for hydroxylation is 4. The summed E-state index contributed by atoms with van der Waals surface area (Å²) in [5.74, 6) is -0.484. The number of amides is 1. The second-order valence-electron chi connectivity index (χ2n) is 12.7. The molecule has 3 aromatic carbocycles. The van der Waals surface area contributed by atoms with E-state index in [1.165, 1.54) is 18.9 Å². The van der Waals surface area contributed by atoms with E-state index >= 15 is 0 Å². The molecule has 0 bridgehead atoms. The minimum atomic E-state index is -1.01. The molecule has 2 aromatic heterocycles. The highest BCUT2D eigenvalue weighted by Crippen LogP contribution is 2.36. The van der Waals surface area contributed by atoms with Crippen molar-refractivity contribution >= 4 is 34.4 Å². The van der Waals surface area contributed by atoms with E-state index in [0.29, 0.717) is 30.7 Å². The third kappa shape index (κ3) is 6.98. The first-order chi connectivity index (χ1) is 23.1. The van der Waals surface area contributed by atoms with Crippen LogP contribution in [0.1, 0.15) is 73.8 Å². The highest BCUT2D eigenvalue weighted by molar-refractivity contribution is 6.32. The van der Waals surface area contributed by atoms with Crippen LogP contribution in [-0.4, -0.2) is 56.3 Å². The van der Waals surface area contributed by atoms with Crippen LogP contribution in [0.5, 0.6) is 5.75 Å². The maximum absolute atomic E-state index is 13.9. The van der Waals surface area contributed by atoms with E-state index in [0.717, 1.165) is 80.5 Å². The second-order valence-corrected chi connectivity index (χ2v) is 13.1. The summed E-state index contributed by atoms with van der Waals surface area (Å²) in [4.78, 5) is 31.4. The number of likely N-dealkylation sites (tertiary alicyclic amines) is 1. The number of hydrogen-bond donors (Lipinski definition) is 3. The first-order valence-electron chi connectivity index (χ1n) is 16.5. The van der Waals surface area contributed by atoms with Crippen LogP contribution in [0.25, 0.3) is 22.0 Å². The molecule has 6 rings (SSSR count). The van der Waals surface area contributed by atoms with Crippen molar-refractivity contribution in [3.05, 3.63) is 105 Å². The number of fused-ring (bicyclic) bond motifs is 1. The van der Waals surface area contributed by atoms with Crippen LogP contribution in [0.15, 0.2) is 54.6 Å². The maximum atomic E-state index is 13.9. The van der Waals surface area contributed by atoms with E-state index in [2.05, 4.69) is 40.3 Å². The third-order valence-electron chi connectivity index (χ3n) is 9.29. The van der Waals surface area contributed by atoms with Crippen LogP contribution in [0.4, 0.5) is 0 Å². The maximum Gasteiger partial charge on any atom is 0.335 e. The van der Waals surface area contributed by atoms with Crippen molar-refractivity contribution in [1.29, 1.82) is 0 Å². The summed E-state index contributed by atoms with van der Waals surface area (Å²) >= 11 is 6.36. The molecule has 1 fully saturated rings. The number of carboxylic acid groups (broad SMARTS) is 1. The first-order valence-corrected chi connectivity index (χ1v) is 16.9. The smallest absolute Gasteiger partial charge is 0.335 e. The van der Waals surface area contributed by atoms with E-state index < -0.39 is 5.97 Å². The van der Waals surface area contributed by atoms with Gasteiger partial charge in [-0.15, -0.1) is 0 Å². The zero-order chi connectivity index (χ0) is 33.9. The Bertz CT molecular complexity index is 1970. The Kier molecular flexibility index (Phi) is 9.89. The first kappa shape index (κ1) is 33.3. The summed E-state index contributed by atoms with van der Waals surface area (Å²) in [6.07, 6.45) is 3.71. The molecule has 0 saturated carbocycles. The molecular formula is C38H42ClN5O4. The van der Waals surface area contributed by atoms with Gasteiger partial charge in [0.05, 0.1) is 23.4 Å². The van der Waals surface area contributed by atoms with Crippen molar-refractivity contribution < 1.29 is 19.4 Å². The number of carbonyl (C=O) groups excluding carboxylic acids is 1. The van der Waals surface area contributed by atoms with Gasteiger partial charge < -0.3 is 20.1 Å². The van der Waals surface area contributed by atoms with Crippen molar-refractivity contribution in [3.63, 3.8) is 0 Å². The van der Waals surface area contributed by atoms with Crippen LogP contribution < -0.4 is 10.1 Å². The molecule has 5 aromatic rings. The van der Waals surface area contributed by atoms with E-state index in [9.17, 15) is 14.7 Å². The minimum absolute atomic E-state index is 0.181. The average Bonchev–Trinajstić information content (AvgIpc) is 3.79. The molecule has 0 spiro atoms. The lowest BCUT2D eigenvalue weighted by molar-refractivity contribution is 0.0696. The van der Waals surface area contributed by atoms with Gasteiger partial charge in [-0.2, -0.15) is 5.10 Å². The number of nitrogens with zero attached hydrogens (tertiary/aromatic N) is 3. The summed E-state index contributed by atoms with van der Waals surface area (Å²) in [7, 11) is 1.98. The number of para-hydroxylation sites is 1. The summed E-state index contributed by atoms with van der Waals surface area (Å²) in [5, 5.41) is 19.1. The lowest BCUT2D eigenvalue weighted by atomic mass is 9.98. The molecule has 9 nitrogen and oxygen atoms in total. The number of ether oxygens (including phenoxy) is 1. The fraction of sp³-hybridized carbons (Fsp3) is 0.342. The van der Waals surface area contributed by atoms with E-state index in [4.69, 9.17) is 21.4 Å². The van der Waals surface area contributed by atoms with Gasteiger partial charge >= 0.3 is 5.97 Å². The number of aromatic carboxylic acids is 1. The Hall–Kier alpha value is -4.60. The molecule has 3 heterocycles. The second kappa shape index (κ2) is 14.3. The van der Waals surface area contributed by atoms with Crippen LogP contribution in [0.3, 0.4) is 0 Å². The van der Waals surface area contributed by atoms with E-state index in [-0.39, 0.29) is 18.0 Å². The van der Waals surface area contributed by atoms with Crippen LogP contribution in [0.2, 0.25) is 5.02 Å². The SMILES string of the molecule is Cc1cc(OCCCc2c(C(=O)NCc3cccc(C(=O)O)c3)[nH]c3c(-c4c(CN5CCCC5)nn(C)c4C)cccc23)cc(C)c1Cl. The van der Waals surface area contributed by atoms with Gasteiger partial charge in [-0.05, 0) is 106 Å². The van der Waals surface area contributed by atoms with Crippen LogP contribution >= 0.6 is 11.6 Å². The van der Waals surface area contributed by atoms with Crippen molar-refractivity contribution in [2.45, 2.75) is 59.5 Å². The summed E-state index contributed by atoms with van der Waals surface area (Å²) in [5.41, 5.74) is 9.35. The number of halogens is 1. The average molecular weight is 668 g/mol. The van der Waals surface area contributed by atoms with Crippen molar-refractivity contribution in [3.8, 4) is 16.9 Å². The summed E-state index contributed by atoms with van der Waals surface area (Å²) in [6.45, 7) is 9.62. The van der Waals surface area contributed by atoms with Crippen LogP contribution in [-0.2, 0) is 26.6 Å². The van der Waals surface area contributed by atoms with E-state index in [1.54, 1.807) is 12.1 Å². The predicted octanol–water partition coefficient (Wildman–Crippen LogP) is 7.38. The Balaban J connectivity index is 1.32. The number of benzene rings is 3. The van der Waals surface area contributed by atoms with Gasteiger partial charge in [-0.25, -0.2) is 4.79 Å². The predicted molar refractivity (Wildman–Crippen MR) is 189 cm³/mol. The minimum Gasteiger partial charge on any atom is -0.494 e. The molecular weight excluding hydrogens is 626 g/mol. The summed E-state index contributed by atoms with van der Waals surface area (Å²) in [6, 6.07) is 16.7. The topological polar surface area (TPSA) is 112 Å². The van der Waals surface area contributed by atoms with Gasteiger partial charge in [0.25, 0.3) is 5.91 Å². The number of aromatic amines is 1. The fourth-order valence-electron chi connectivity index (χ4n) is 6.74. The number of H-pyrrole nitrogens is 1. The zero-order valence-electron chi connectivity index (χ0n) is 28.0. The molecule has 0 aliphatic carbocycles. The highest BCUT2D eigenvalue weighted by atomic mass is 35.5. The van der Waals surface area contributed by atoms with Crippen LogP contribution in [0, 0.1) is 20.8 Å². The normalized spacial score (nSPS) is 13.4. The standard InChI is InChI=1S/C38H42ClN5O4/c1-23-18-28(19-24(2)34(23)39)48-17-9-14-30-29-12-8-13-31(33-25(3)43(4)42-32(33)22-44-15-5-6-16-44)35(29)41-36(30)37(45)40-21-26-10-7-11-27(20-26)38(46)47/h7-8,10-13,18-20,41H,5-6,9,14-17,21-22H2,1-4H3,(H,40,45)(H,46,47). The quantitative estimate of drug-likeness (QED) is 0.120. The third-order valence-corrected chi connectivity index (χ3v) is 9.89. The molecule has 10 heteroatoms. The van der Waals surface area contributed by atoms with Gasteiger partial charge in [0, 0.05) is 47.4 Å². The molecule has 0 unspecified atom stereocenters. The number of carboxylic acids is 1. The van der Waals surface area contributed by atoms with Gasteiger partial charge in [0.1, 0.15) is 11.4 Å². The Labute approximate surface area is 285 Å². The van der Waals surface area contributed by atoms with Gasteiger partial charge in [0.15, 0.2) is 0 Å². The number of hydrogen-bond acceptors (Lipinski definition) is 5. The lowest BCUT2D eigenvalue weighted by Gasteiger charge is -2.14. The fourth-order valence-corrected chi connectivity index (χ4v) is 6.85. The molecule has 250 valence electrons. The molecule has 0 atom stereocenters. The van der Waals surface area contributed by atoms with Crippen molar-refractivity contribution in [2.75, 3.05) is 19.7 Å². The number of aromatic nitrogens is 3. The number of rotatable bonds is 12. The Morgan fingerprint density at radius 2 is 1.77 bits per heavy atom. The monoisotopic (exact) mass is 667 g/mol. The van der Waals surface area contributed by atoms with Gasteiger partial charge in [-0.3, -0.25) is 14.4 Å². The molecule has 0 radical (unpaired) electrons. The zero-order valence-corrected chi connectivity index (χ0v) is 28.7. The highest BCUT2D eigenvalue weighted by Gasteiger charge is 2.24. The molecule has 48 heavy (non-hydrogen) atoms. The van der Waals surface area contributed by atoms with E-state index in [1.807, 2.05) is 43.8 Å². The largest absolute Gasteiger partial charge is 0.494 e. The molecule has 1 amide bonds. The van der Waals surface area contributed by atoms with Gasteiger partial charge in [-0.1, -0.05) is 41.9 Å². The summed E-state index contributed by atoms with van der Waals surface area (Å²) < 4.78 is 8.07. The molecule has 3 N–H and O–H groups in total. The Morgan fingerprint density at radius 1 is 1.04 bits per heavy atom. The number of carbonyl (C=O) groups is 2. The molecule has 1 aliphatic heterocycles. The van der Waals surface area contributed by atoms with Crippen molar-refractivity contribution in [2.24, 2.45) is 7.05 Å². The van der Waals surface area contributed by atoms with Crippen molar-refractivity contribution in [1.82, 2.24) is 25.0 Å². The molecule has 1 aliphatic rings. The number of nitrogens with one attached hydrogen (secondary N) is 2. The lowest BCUT2D eigenvalue weighted by Crippen LogP contribution is -2.24. The Morgan fingerprint density at radius 3 is 2.50 bits per heavy atom. The molecule has 1 saturated heterocycles.